The monoisotopic (exact) mass is 189 g/mol. The lowest BCUT2D eigenvalue weighted by atomic mass is 10.2. The van der Waals surface area contributed by atoms with Crippen LogP contribution in [0.25, 0.3) is 0 Å². The van der Waals surface area contributed by atoms with Gasteiger partial charge in [0.25, 0.3) is 0 Å². The number of hydrogen-bond donors (Lipinski definition) is 1. The molecule has 0 aliphatic carbocycles. The summed E-state index contributed by atoms with van der Waals surface area (Å²) in [7, 11) is 0. The molecule has 0 unspecified atom stereocenters. The molecule has 72 valence electrons. The Balaban J connectivity index is 2.82. The third-order valence-corrected chi connectivity index (χ3v) is 1.47. The fraction of sp³-hybridized carbons (Fsp3) is 0.375. The van der Waals surface area contributed by atoms with Crippen LogP contribution >= 0.6 is 0 Å². The molecule has 0 saturated carbocycles. The molecule has 0 bridgehead atoms. The SMILES string of the molecule is CCOC(=O)C(F)(F)c1ccc[nH]1. The third kappa shape index (κ3) is 1.85. The van der Waals surface area contributed by atoms with E-state index in [1.165, 1.54) is 19.2 Å². The quantitative estimate of drug-likeness (QED) is 0.735. The summed E-state index contributed by atoms with van der Waals surface area (Å²) in [5, 5.41) is 0. The van der Waals surface area contributed by atoms with Crippen LogP contribution < -0.4 is 0 Å². The Labute approximate surface area is 73.7 Å². The Morgan fingerprint density at radius 2 is 2.38 bits per heavy atom. The van der Waals surface area contributed by atoms with Crippen molar-refractivity contribution in [3.8, 4) is 0 Å². The minimum atomic E-state index is -3.58. The highest BCUT2D eigenvalue weighted by Crippen LogP contribution is 2.27. The standard InChI is InChI=1S/C8H9F2NO2/c1-2-13-7(12)8(9,10)6-4-3-5-11-6/h3-5,11H,2H2,1H3. The minimum Gasteiger partial charge on any atom is -0.461 e. The smallest absolute Gasteiger partial charge is 0.383 e. The maximum atomic E-state index is 13.1. The molecule has 1 rings (SSSR count). The van der Waals surface area contributed by atoms with Crippen molar-refractivity contribution in [1.82, 2.24) is 4.98 Å². The number of ether oxygens (including phenoxy) is 1. The van der Waals surface area contributed by atoms with Crippen molar-refractivity contribution in [1.29, 1.82) is 0 Å². The zero-order valence-electron chi connectivity index (χ0n) is 7.01. The van der Waals surface area contributed by atoms with Crippen LogP contribution in [0.1, 0.15) is 12.6 Å². The summed E-state index contributed by atoms with van der Waals surface area (Å²) in [6.07, 6.45) is 1.32. The Hall–Kier alpha value is -1.39. The first-order valence-electron chi connectivity index (χ1n) is 3.78. The predicted molar refractivity (Wildman–Crippen MR) is 41.3 cm³/mol. The van der Waals surface area contributed by atoms with Gasteiger partial charge in [-0.25, -0.2) is 4.79 Å². The van der Waals surface area contributed by atoms with Gasteiger partial charge in [-0.15, -0.1) is 0 Å². The molecule has 1 N–H and O–H groups in total. The Morgan fingerprint density at radius 3 is 2.85 bits per heavy atom. The maximum absolute atomic E-state index is 13.1. The second-order valence-electron chi connectivity index (χ2n) is 2.38. The summed E-state index contributed by atoms with van der Waals surface area (Å²) < 4.78 is 30.3. The van der Waals surface area contributed by atoms with Gasteiger partial charge in [0, 0.05) is 6.20 Å². The van der Waals surface area contributed by atoms with Crippen LogP contribution in [0.5, 0.6) is 0 Å². The highest BCUT2D eigenvalue weighted by Gasteiger charge is 2.43. The molecule has 1 aromatic heterocycles. The fourth-order valence-corrected chi connectivity index (χ4v) is 0.857. The van der Waals surface area contributed by atoms with Gasteiger partial charge in [-0.05, 0) is 19.1 Å². The second kappa shape index (κ2) is 3.55. The number of nitrogens with one attached hydrogen (secondary N) is 1. The molecule has 0 radical (unpaired) electrons. The number of alkyl halides is 2. The number of aromatic amines is 1. The Kier molecular flexibility index (Phi) is 2.65. The average Bonchev–Trinajstić information content (AvgIpc) is 2.56. The van der Waals surface area contributed by atoms with E-state index < -0.39 is 17.6 Å². The summed E-state index contributed by atoms with van der Waals surface area (Å²) in [6, 6.07) is 2.53. The fourth-order valence-electron chi connectivity index (χ4n) is 0.857. The van der Waals surface area contributed by atoms with E-state index in [2.05, 4.69) is 9.72 Å². The van der Waals surface area contributed by atoms with Gasteiger partial charge in [0.1, 0.15) is 0 Å². The molecule has 1 heterocycles. The molecule has 0 spiro atoms. The molecular weight excluding hydrogens is 180 g/mol. The van der Waals surface area contributed by atoms with E-state index >= 15 is 0 Å². The summed E-state index contributed by atoms with van der Waals surface area (Å²) in [6.45, 7) is 1.41. The number of aromatic nitrogens is 1. The summed E-state index contributed by atoms with van der Waals surface area (Å²) >= 11 is 0. The molecule has 0 atom stereocenters. The largest absolute Gasteiger partial charge is 0.461 e. The van der Waals surface area contributed by atoms with Crippen molar-refractivity contribution in [3.05, 3.63) is 24.0 Å². The first-order valence-corrected chi connectivity index (χ1v) is 3.78. The van der Waals surface area contributed by atoms with E-state index in [-0.39, 0.29) is 6.61 Å². The second-order valence-corrected chi connectivity index (χ2v) is 2.38. The van der Waals surface area contributed by atoms with Gasteiger partial charge in [-0.2, -0.15) is 8.78 Å². The van der Waals surface area contributed by atoms with Crippen molar-refractivity contribution < 1.29 is 18.3 Å². The summed E-state index contributed by atoms with van der Waals surface area (Å²) in [5.41, 5.74) is -0.453. The van der Waals surface area contributed by atoms with Gasteiger partial charge in [0.15, 0.2) is 0 Å². The van der Waals surface area contributed by atoms with E-state index in [4.69, 9.17) is 0 Å². The number of H-pyrrole nitrogens is 1. The van der Waals surface area contributed by atoms with Crippen LogP contribution in [-0.4, -0.2) is 17.6 Å². The van der Waals surface area contributed by atoms with Crippen LogP contribution in [0.15, 0.2) is 18.3 Å². The number of esters is 1. The zero-order valence-corrected chi connectivity index (χ0v) is 7.01. The lowest BCUT2D eigenvalue weighted by Gasteiger charge is -2.12. The van der Waals surface area contributed by atoms with Crippen molar-refractivity contribution in [2.24, 2.45) is 0 Å². The van der Waals surface area contributed by atoms with Crippen LogP contribution in [0.2, 0.25) is 0 Å². The molecule has 0 amide bonds. The molecule has 13 heavy (non-hydrogen) atoms. The number of halogens is 2. The molecular formula is C8H9F2NO2. The summed E-state index contributed by atoms with van der Waals surface area (Å²) in [4.78, 5) is 13.0. The van der Waals surface area contributed by atoms with Gasteiger partial charge in [0.05, 0.1) is 12.3 Å². The van der Waals surface area contributed by atoms with E-state index in [9.17, 15) is 13.6 Å². The van der Waals surface area contributed by atoms with E-state index in [0.717, 1.165) is 6.07 Å². The van der Waals surface area contributed by atoms with Crippen LogP contribution in [-0.2, 0) is 15.5 Å². The molecule has 0 saturated heterocycles. The van der Waals surface area contributed by atoms with Crippen molar-refractivity contribution in [2.75, 3.05) is 6.61 Å². The predicted octanol–water partition coefficient (Wildman–Crippen LogP) is 1.67. The normalized spacial score (nSPS) is 11.3. The number of rotatable bonds is 3. The zero-order chi connectivity index (χ0) is 9.90. The van der Waals surface area contributed by atoms with Gasteiger partial charge in [0.2, 0.25) is 0 Å². The van der Waals surface area contributed by atoms with E-state index in [0.29, 0.717) is 0 Å². The number of carbonyl (C=O) groups excluding carboxylic acids is 1. The Bertz CT molecular complexity index is 282. The highest BCUT2D eigenvalue weighted by atomic mass is 19.3. The molecule has 0 aliphatic heterocycles. The lowest BCUT2D eigenvalue weighted by molar-refractivity contribution is -0.173. The van der Waals surface area contributed by atoms with Gasteiger partial charge >= 0.3 is 11.9 Å². The third-order valence-electron chi connectivity index (χ3n) is 1.47. The maximum Gasteiger partial charge on any atom is 0.383 e. The van der Waals surface area contributed by atoms with Gasteiger partial charge in [-0.1, -0.05) is 0 Å². The van der Waals surface area contributed by atoms with Gasteiger partial charge < -0.3 is 9.72 Å². The highest BCUT2D eigenvalue weighted by molar-refractivity contribution is 5.78. The van der Waals surface area contributed by atoms with Crippen LogP contribution in [0.3, 0.4) is 0 Å². The van der Waals surface area contributed by atoms with Crippen molar-refractivity contribution in [3.63, 3.8) is 0 Å². The van der Waals surface area contributed by atoms with E-state index in [1.807, 2.05) is 0 Å². The molecule has 3 nitrogen and oxygen atoms in total. The van der Waals surface area contributed by atoms with Gasteiger partial charge in [-0.3, -0.25) is 0 Å². The first-order chi connectivity index (χ1) is 6.09. The van der Waals surface area contributed by atoms with Crippen LogP contribution in [0.4, 0.5) is 8.78 Å². The lowest BCUT2D eigenvalue weighted by Crippen LogP contribution is -2.28. The average molecular weight is 189 g/mol. The van der Waals surface area contributed by atoms with Crippen LogP contribution in [0, 0.1) is 0 Å². The number of hydrogen-bond acceptors (Lipinski definition) is 2. The summed E-state index contributed by atoms with van der Waals surface area (Å²) in [5.74, 6) is -5.11. The minimum absolute atomic E-state index is 0.0604. The molecule has 0 aromatic carbocycles. The van der Waals surface area contributed by atoms with Crippen molar-refractivity contribution in [2.45, 2.75) is 12.8 Å². The molecule has 1 aromatic rings. The Morgan fingerprint density at radius 1 is 1.69 bits per heavy atom. The topological polar surface area (TPSA) is 42.1 Å². The molecule has 0 fully saturated rings. The van der Waals surface area contributed by atoms with E-state index in [1.54, 1.807) is 0 Å². The first kappa shape index (κ1) is 9.70. The van der Waals surface area contributed by atoms with Crippen molar-refractivity contribution >= 4 is 5.97 Å². The molecule has 0 aliphatic rings. The number of carbonyl (C=O) groups is 1. The molecule has 5 heteroatoms.